The van der Waals surface area contributed by atoms with E-state index in [1.165, 1.54) is 0 Å². The van der Waals surface area contributed by atoms with Crippen LogP contribution in [0.2, 0.25) is 0 Å². The van der Waals surface area contributed by atoms with E-state index in [0.29, 0.717) is 12.5 Å². The van der Waals surface area contributed by atoms with Gasteiger partial charge in [0.2, 0.25) is 0 Å². The Kier molecular flexibility index (Phi) is 3.56. The maximum Gasteiger partial charge on any atom is 0.169 e. The summed E-state index contributed by atoms with van der Waals surface area (Å²) < 4.78 is 30.2. The van der Waals surface area contributed by atoms with E-state index in [-0.39, 0.29) is 18.1 Å². The molecule has 0 unspecified atom stereocenters. The minimum Gasteiger partial charge on any atom is -0.483 e. The van der Waals surface area contributed by atoms with Gasteiger partial charge in [-0.2, -0.15) is 0 Å². The molecule has 4 heteroatoms. The maximum absolute atomic E-state index is 12.9. The summed E-state index contributed by atoms with van der Waals surface area (Å²) in [7, 11) is 0. The fourth-order valence-corrected chi connectivity index (χ4v) is 0.853. The number of Topliss-reactive ketones (excluding diaryl/α,β-unsaturated/α-hetero) is 1. The Morgan fingerprint density at radius 2 is 2.14 bits per heavy atom. The van der Waals surface area contributed by atoms with Gasteiger partial charge in [0.05, 0.1) is 0 Å². The fraction of sp³-hybridized carbons (Fsp3) is 0.300. The van der Waals surface area contributed by atoms with E-state index in [1.807, 2.05) is 0 Å². The number of benzene rings is 1. The van der Waals surface area contributed by atoms with Crippen LogP contribution in [-0.4, -0.2) is 12.4 Å². The Morgan fingerprint density at radius 3 is 2.71 bits per heavy atom. The lowest BCUT2D eigenvalue weighted by molar-refractivity contribution is -0.120. The molecule has 1 aromatic carbocycles. The van der Waals surface area contributed by atoms with Gasteiger partial charge in [-0.15, -0.1) is 0 Å². The first kappa shape index (κ1) is 10.6. The van der Waals surface area contributed by atoms with Crippen molar-refractivity contribution >= 4 is 5.78 Å². The summed E-state index contributed by atoms with van der Waals surface area (Å²) in [5.74, 6) is -1.70. The van der Waals surface area contributed by atoms with Crippen LogP contribution in [0.15, 0.2) is 18.2 Å². The SMILES string of the molecule is CCC(=O)COc1ccc(F)cc1F. The van der Waals surface area contributed by atoms with Crippen LogP contribution in [0.1, 0.15) is 13.3 Å². The lowest BCUT2D eigenvalue weighted by atomic mass is 10.3. The van der Waals surface area contributed by atoms with Gasteiger partial charge in [0.1, 0.15) is 12.4 Å². The molecule has 0 aliphatic rings. The number of hydrogen-bond acceptors (Lipinski definition) is 2. The lowest BCUT2D eigenvalue weighted by Crippen LogP contribution is -2.10. The van der Waals surface area contributed by atoms with Crippen molar-refractivity contribution < 1.29 is 18.3 Å². The van der Waals surface area contributed by atoms with Crippen LogP contribution >= 0.6 is 0 Å². The highest BCUT2D eigenvalue weighted by Crippen LogP contribution is 2.17. The zero-order chi connectivity index (χ0) is 10.6. The van der Waals surface area contributed by atoms with E-state index in [2.05, 4.69) is 0 Å². The van der Waals surface area contributed by atoms with Crippen LogP contribution < -0.4 is 4.74 Å². The molecule has 0 bridgehead atoms. The van der Waals surface area contributed by atoms with Gasteiger partial charge < -0.3 is 4.74 Å². The Labute approximate surface area is 80.5 Å². The van der Waals surface area contributed by atoms with Crippen molar-refractivity contribution in [2.24, 2.45) is 0 Å². The highest BCUT2D eigenvalue weighted by Gasteiger charge is 2.06. The highest BCUT2D eigenvalue weighted by molar-refractivity contribution is 5.79. The monoisotopic (exact) mass is 200 g/mol. The van der Waals surface area contributed by atoms with Gasteiger partial charge in [0.15, 0.2) is 17.3 Å². The molecule has 1 aromatic rings. The zero-order valence-electron chi connectivity index (χ0n) is 7.72. The van der Waals surface area contributed by atoms with E-state index in [4.69, 9.17) is 4.74 Å². The van der Waals surface area contributed by atoms with E-state index < -0.39 is 11.6 Å². The minimum absolute atomic E-state index is 0.104. The summed E-state index contributed by atoms with van der Waals surface area (Å²) in [5.41, 5.74) is 0. The molecule has 2 nitrogen and oxygen atoms in total. The standard InChI is InChI=1S/C10H10F2O2/c1-2-8(13)6-14-10-4-3-7(11)5-9(10)12/h3-5H,2,6H2,1H3. The van der Waals surface area contributed by atoms with Gasteiger partial charge in [-0.25, -0.2) is 8.78 Å². The second-order valence-electron chi connectivity index (χ2n) is 2.76. The van der Waals surface area contributed by atoms with Crippen molar-refractivity contribution in [3.05, 3.63) is 29.8 Å². The molecular weight excluding hydrogens is 190 g/mol. The molecule has 0 aromatic heterocycles. The van der Waals surface area contributed by atoms with Crippen molar-refractivity contribution in [3.63, 3.8) is 0 Å². The number of rotatable bonds is 4. The number of halogens is 2. The molecule has 0 heterocycles. The van der Waals surface area contributed by atoms with Crippen molar-refractivity contribution in [1.82, 2.24) is 0 Å². The molecule has 0 radical (unpaired) electrons. The highest BCUT2D eigenvalue weighted by atomic mass is 19.1. The van der Waals surface area contributed by atoms with E-state index in [9.17, 15) is 13.6 Å². The molecule has 0 saturated carbocycles. The molecule has 0 amide bonds. The Balaban J connectivity index is 2.63. The molecule has 0 spiro atoms. The predicted octanol–water partition coefficient (Wildman–Crippen LogP) is 2.32. The predicted molar refractivity (Wildman–Crippen MR) is 47.2 cm³/mol. The van der Waals surface area contributed by atoms with Gasteiger partial charge in [0.25, 0.3) is 0 Å². The molecule has 1 rings (SSSR count). The van der Waals surface area contributed by atoms with Crippen LogP contribution in [0.5, 0.6) is 5.75 Å². The second kappa shape index (κ2) is 4.69. The number of carbonyl (C=O) groups excluding carboxylic acids is 1. The molecule has 0 atom stereocenters. The Bertz CT molecular complexity index is 337. The maximum atomic E-state index is 12.9. The van der Waals surface area contributed by atoms with Gasteiger partial charge in [0, 0.05) is 12.5 Å². The van der Waals surface area contributed by atoms with Crippen LogP contribution in [0.3, 0.4) is 0 Å². The normalized spacial score (nSPS) is 9.93. The summed E-state index contributed by atoms with van der Waals surface area (Å²) in [5, 5.41) is 0. The number of hydrogen-bond donors (Lipinski definition) is 0. The van der Waals surface area contributed by atoms with E-state index in [0.717, 1.165) is 12.1 Å². The van der Waals surface area contributed by atoms with Crippen LogP contribution in [-0.2, 0) is 4.79 Å². The Morgan fingerprint density at radius 1 is 1.43 bits per heavy atom. The fourth-order valence-electron chi connectivity index (χ4n) is 0.853. The molecular formula is C10H10F2O2. The largest absolute Gasteiger partial charge is 0.483 e. The zero-order valence-corrected chi connectivity index (χ0v) is 7.72. The van der Waals surface area contributed by atoms with E-state index in [1.54, 1.807) is 6.92 Å². The summed E-state index contributed by atoms with van der Waals surface area (Å²) in [4.78, 5) is 10.8. The van der Waals surface area contributed by atoms with Crippen LogP contribution in [0.4, 0.5) is 8.78 Å². The average molecular weight is 200 g/mol. The average Bonchev–Trinajstić information content (AvgIpc) is 2.16. The molecule has 0 saturated heterocycles. The first-order valence-corrected chi connectivity index (χ1v) is 4.23. The van der Waals surface area contributed by atoms with Gasteiger partial charge in [-0.05, 0) is 12.1 Å². The van der Waals surface area contributed by atoms with Crippen molar-refractivity contribution in [2.45, 2.75) is 13.3 Å². The van der Waals surface area contributed by atoms with Gasteiger partial charge in [-0.1, -0.05) is 6.92 Å². The first-order chi connectivity index (χ1) is 6.63. The van der Waals surface area contributed by atoms with Crippen LogP contribution in [0.25, 0.3) is 0 Å². The van der Waals surface area contributed by atoms with Crippen LogP contribution in [0, 0.1) is 11.6 Å². The summed E-state index contributed by atoms with van der Waals surface area (Å²) in [6, 6.07) is 2.95. The first-order valence-electron chi connectivity index (χ1n) is 4.23. The van der Waals surface area contributed by atoms with Crippen molar-refractivity contribution in [3.8, 4) is 5.75 Å². The van der Waals surface area contributed by atoms with Gasteiger partial charge in [-0.3, -0.25) is 4.79 Å². The van der Waals surface area contributed by atoms with Crippen molar-refractivity contribution in [2.75, 3.05) is 6.61 Å². The third kappa shape index (κ3) is 2.80. The Hall–Kier alpha value is -1.45. The van der Waals surface area contributed by atoms with Gasteiger partial charge >= 0.3 is 0 Å². The molecule has 0 N–H and O–H groups in total. The number of ketones is 1. The molecule has 14 heavy (non-hydrogen) atoms. The third-order valence-electron chi connectivity index (χ3n) is 1.68. The molecule has 76 valence electrons. The molecule has 0 fully saturated rings. The summed E-state index contributed by atoms with van der Waals surface area (Å²) >= 11 is 0. The summed E-state index contributed by atoms with van der Waals surface area (Å²) in [6.45, 7) is 1.51. The van der Waals surface area contributed by atoms with Crippen molar-refractivity contribution in [1.29, 1.82) is 0 Å². The quantitative estimate of drug-likeness (QED) is 0.745. The van der Waals surface area contributed by atoms with E-state index >= 15 is 0 Å². The smallest absolute Gasteiger partial charge is 0.169 e. The number of ether oxygens (including phenoxy) is 1. The third-order valence-corrected chi connectivity index (χ3v) is 1.68. The molecule has 0 aliphatic carbocycles. The topological polar surface area (TPSA) is 26.3 Å². The minimum atomic E-state index is -0.797. The second-order valence-corrected chi connectivity index (χ2v) is 2.76. The number of carbonyl (C=O) groups is 1. The molecule has 0 aliphatic heterocycles. The summed E-state index contributed by atoms with van der Waals surface area (Å²) in [6.07, 6.45) is 0.336. The lowest BCUT2D eigenvalue weighted by Gasteiger charge is -2.05.